The molecule has 5 nitrogen and oxygen atoms in total. The quantitative estimate of drug-likeness (QED) is 0.793. The van der Waals surface area contributed by atoms with Crippen LogP contribution in [0.4, 0.5) is 14.9 Å². The maximum absolute atomic E-state index is 13.1. The van der Waals surface area contributed by atoms with E-state index in [0.717, 1.165) is 6.42 Å². The van der Waals surface area contributed by atoms with E-state index >= 15 is 0 Å². The highest BCUT2D eigenvalue weighted by atomic mass is 19.1. The number of aryl methyl sites for hydroxylation is 1. The Kier molecular flexibility index (Phi) is 3.92. The molecule has 0 heterocycles. The average molecular weight is 280 g/mol. The van der Waals surface area contributed by atoms with E-state index in [1.165, 1.54) is 18.2 Å². The number of carboxylic acids is 1. The number of urea groups is 1. The lowest BCUT2D eigenvalue weighted by Gasteiger charge is -2.37. The number of benzene rings is 1. The first-order valence-electron chi connectivity index (χ1n) is 6.47. The molecular formula is C14H17FN2O3. The molecule has 0 unspecified atom stereocenters. The Hall–Kier alpha value is -2.11. The minimum atomic E-state index is -0.873. The van der Waals surface area contributed by atoms with Gasteiger partial charge in [-0.05, 0) is 43.5 Å². The normalized spacial score (nSPS) is 16.1. The monoisotopic (exact) mass is 280 g/mol. The largest absolute Gasteiger partial charge is 0.481 e. The summed E-state index contributed by atoms with van der Waals surface area (Å²) in [5, 5.41) is 14.3. The van der Waals surface area contributed by atoms with Gasteiger partial charge in [0.1, 0.15) is 5.82 Å². The second-order valence-corrected chi connectivity index (χ2v) is 5.21. The molecular weight excluding hydrogens is 263 g/mol. The number of carbonyl (C=O) groups excluding carboxylic acids is 1. The fourth-order valence-electron chi connectivity index (χ4n) is 2.22. The Morgan fingerprint density at radius 3 is 2.60 bits per heavy atom. The lowest BCUT2D eigenvalue weighted by molar-refractivity contribution is -0.153. The third-order valence-corrected chi connectivity index (χ3v) is 3.77. The topological polar surface area (TPSA) is 78.4 Å². The number of carbonyl (C=O) groups is 2. The molecule has 0 aromatic heterocycles. The van der Waals surface area contributed by atoms with E-state index < -0.39 is 17.4 Å². The van der Waals surface area contributed by atoms with Crippen molar-refractivity contribution in [3.8, 4) is 0 Å². The highest BCUT2D eigenvalue weighted by Crippen LogP contribution is 2.40. The molecule has 0 aliphatic heterocycles. The number of halogens is 1. The van der Waals surface area contributed by atoms with Gasteiger partial charge in [0, 0.05) is 12.2 Å². The first-order valence-corrected chi connectivity index (χ1v) is 6.47. The summed E-state index contributed by atoms with van der Waals surface area (Å²) >= 11 is 0. The van der Waals surface area contributed by atoms with Crippen molar-refractivity contribution < 1.29 is 19.1 Å². The molecule has 1 aromatic rings. The molecule has 20 heavy (non-hydrogen) atoms. The molecule has 1 aliphatic rings. The Labute approximate surface area is 116 Å². The van der Waals surface area contributed by atoms with Crippen molar-refractivity contribution in [2.45, 2.75) is 26.2 Å². The number of anilines is 1. The SMILES string of the molecule is Cc1cc(NC(=O)NCC2(C(=O)O)CCC2)ccc1F. The van der Waals surface area contributed by atoms with Crippen LogP contribution < -0.4 is 10.6 Å². The minimum absolute atomic E-state index is 0.105. The van der Waals surface area contributed by atoms with Gasteiger partial charge >= 0.3 is 12.0 Å². The van der Waals surface area contributed by atoms with Crippen LogP contribution in [0.3, 0.4) is 0 Å². The van der Waals surface area contributed by atoms with Crippen molar-refractivity contribution >= 4 is 17.7 Å². The summed E-state index contributed by atoms with van der Waals surface area (Å²) in [5.74, 6) is -1.21. The van der Waals surface area contributed by atoms with Gasteiger partial charge in [0.2, 0.25) is 0 Å². The molecule has 2 amide bonds. The van der Waals surface area contributed by atoms with E-state index in [0.29, 0.717) is 24.1 Å². The molecule has 1 aromatic carbocycles. The number of hydrogen-bond acceptors (Lipinski definition) is 2. The Balaban J connectivity index is 1.89. The predicted octanol–water partition coefficient (Wildman–Crippen LogP) is 2.51. The predicted molar refractivity (Wildman–Crippen MR) is 72.1 cm³/mol. The summed E-state index contributed by atoms with van der Waals surface area (Å²) in [6.45, 7) is 1.71. The molecule has 108 valence electrons. The van der Waals surface area contributed by atoms with E-state index in [1.807, 2.05) is 0 Å². The lowest BCUT2D eigenvalue weighted by atomic mass is 9.69. The van der Waals surface area contributed by atoms with Gasteiger partial charge in [0.15, 0.2) is 0 Å². The van der Waals surface area contributed by atoms with Gasteiger partial charge < -0.3 is 15.7 Å². The first-order chi connectivity index (χ1) is 9.43. The van der Waals surface area contributed by atoms with Gasteiger partial charge in [-0.3, -0.25) is 4.79 Å². The van der Waals surface area contributed by atoms with Crippen molar-refractivity contribution in [2.75, 3.05) is 11.9 Å². The Morgan fingerprint density at radius 1 is 1.40 bits per heavy atom. The molecule has 0 spiro atoms. The minimum Gasteiger partial charge on any atom is -0.481 e. The highest BCUT2D eigenvalue weighted by molar-refractivity contribution is 5.89. The van der Waals surface area contributed by atoms with E-state index in [9.17, 15) is 14.0 Å². The third-order valence-electron chi connectivity index (χ3n) is 3.77. The smallest absolute Gasteiger partial charge is 0.319 e. The van der Waals surface area contributed by atoms with Crippen LogP contribution >= 0.6 is 0 Å². The third kappa shape index (κ3) is 2.89. The number of aliphatic carboxylic acids is 1. The fraction of sp³-hybridized carbons (Fsp3) is 0.429. The number of carboxylic acid groups (broad SMARTS) is 1. The first kappa shape index (κ1) is 14.3. The van der Waals surface area contributed by atoms with Gasteiger partial charge in [-0.2, -0.15) is 0 Å². The fourth-order valence-corrected chi connectivity index (χ4v) is 2.22. The van der Waals surface area contributed by atoms with Crippen molar-refractivity contribution in [3.05, 3.63) is 29.6 Å². The van der Waals surface area contributed by atoms with Crippen molar-refractivity contribution in [1.29, 1.82) is 0 Å². The maximum Gasteiger partial charge on any atom is 0.319 e. The van der Waals surface area contributed by atoms with E-state index in [-0.39, 0.29) is 12.4 Å². The van der Waals surface area contributed by atoms with Gasteiger partial charge in [0.25, 0.3) is 0 Å². The van der Waals surface area contributed by atoms with E-state index in [1.54, 1.807) is 6.92 Å². The molecule has 1 saturated carbocycles. The number of amides is 2. The zero-order valence-corrected chi connectivity index (χ0v) is 11.2. The van der Waals surface area contributed by atoms with Crippen LogP contribution in [0, 0.1) is 18.2 Å². The second kappa shape index (κ2) is 5.48. The lowest BCUT2D eigenvalue weighted by Crippen LogP contribution is -2.48. The zero-order chi connectivity index (χ0) is 14.8. The number of hydrogen-bond donors (Lipinski definition) is 3. The number of nitrogens with one attached hydrogen (secondary N) is 2. The maximum atomic E-state index is 13.1. The van der Waals surface area contributed by atoms with Crippen molar-refractivity contribution in [1.82, 2.24) is 5.32 Å². The Morgan fingerprint density at radius 2 is 2.10 bits per heavy atom. The summed E-state index contributed by atoms with van der Waals surface area (Å²) < 4.78 is 13.1. The average Bonchev–Trinajstić information content (AvgIpc) is 2.32. The van der Waals surface area contributed by atoms with E-state index in [4.69, 9.17) is 5.11 Å². The van der Waals surface area contributed by atoms with Crippen LogP contribution in [0.5, 0.6) is 0 Å². The summed E-state index contributed by atoms with van der Waals surface area (Å²) in [4.78, 5) is 22.9. The summed E-state index contributed by atoms with van der Waals surface area (Å²) in [5.41, 5.74) is 0.0824. The zero-order valence-electron chi connectivity index (χ0n) is 11.2. The molecule has 0 bridgehead atoms. The van der Waals surface area contributed by atoms with Crippen LogP contribution in [-0.2, 0) is 4.79 Å². The number of rotatable bonds is 4. The van der Waals surface area contributed by atoms with Gasteiger partial charge in [-0.15, -0.1) is 0 Å². The van der Waals surface area contributed by atoms with Crippen LogP contribution in [0.2, 0.25) is 0 Å². The molecule has 0 atom stereocenters. The van der Waals surface area contributed by atoms with E-state index in [2.05, 4.69) is 10.6 Å². The standard InChI is InChI=1S/C14H17FN2O3/c1-9-7-10(3-4-11(9)15)17-13(20)16-8-14(12(18)19)5-2-6-14/h3-4,7H,2,5-6,8H2,1H3,(H,18,19)(H2,16,17,20). The van der Waals surface area contributed by atoms with Crippen LogP contribution in [0.1, 0.15) is 24.8 Å². The molecule has 1 aliphatic carbocycles. The van der Waals surface area contributed by atoms with Gasteiger partial charge in [0.05, 0.1) is 5.41 Å². The van der Waals surface area contributed by atoms with Crippen molar-refractivity contribution in [2.24, 2.45) is 5.41 Å². The van der Waals surface area contributed by atoms with Crippen LogP contribution in [-0.4, -0.2) is 23.7 Å². The van der Waals surface area contributed by atoms with Crippen LogP contribution in [0.25, 0.3) is 0 Å². The second-order valence-electron chi connectivity index (χ2n) is 5.21. The molecule has 3 N–H and O–H groups in total. The van der Waals surface area contributed by atoms with Gasteiger partial charge in [-0.25, -0.2) is 9.18 Å². The Bertz CT molecular complexity index is 541. The molecule has 6 heteroatoms. The summed E-state index contributed by atoms with van der Waals surface area (Å²) in [7, 11) is 0. The highest BCUT2D eigenvalue weighted by Gasteiger charge is 2.44. The molecule has 0 radical (unpaired) electrons. The van der Waals surface area contributed by atoms with Crippen LogP contribution in [0.15, 0.2) is 18.2 Å². The molecule has 2 rings (SSSR count). The molecule has 0 saturated heterocycles. The molecule has 1 fully saturated rings. The summed E-state index contributed by atoms with van der Waals surface area (Å²) in [6.07, 6.45) is 2.03. The summed E-state index contributed by atoms with van der Waals surface area (Å²) in [6, 6.07) is 3.77. The van der Waals surface area contributed by atoms with Gasteiger partial charge in [-0.1, -0.05) is 6.42 Å². The van der Waals surface area contributed by atoms with Crippen molar-refractivity contribution in [3.63, 3.8) is 0 Å².